The fourth-order valence-electron chi connectivity index (χ4n) is 2.38. The maximum absolute atomic E-state index is 6.11. The molecule has 0 saturated carbocycles. The number of nitrogens with zero attached hydrogens (tertiary/aromatic N) is 1. The first kappa shape index (κ1) is 19.5. The standard InChI is InChI=1S/C20H29N3OS/c1-4-5-6-11-24-18-10-9-17(13-16(18)14-22-15(2)3)23-20(21)19-8-7-12-25-19/h7-10,12-13,15,22H,4-6,11,14H2,1-3H3,(H2,21,23). The average molecular weight is 360 g/mol. The molecule has 25 heavy (non-hydrogen) atoms. The van der Waals surface area contributed by atoms with Crippen LogP contribution in [0.4, 0.5) is 5.69 Å². The van der Waals surface area contributed by atoms with Crippen LogP contribution < -0.4 is 15.8 Å². The molecule has 0 aliphatic carbocycles. The highest BCUT2D eigenvalue weighted by molar-refractivity contribution is 7.12. The molecule has 0 amide bonds. The fraction of sp³-hybridized carbons (Fsp3) is 0.450. The van der Waals surface area contributed by atoms with Gasteiger partial charge in [-0.2, -0.15) is 0 Å². The van der Waals surface area contributed by atoms with Crippen molar-refractivity contribution in [1.29, 1.82) is 0 Å². The summed E-state index contributed by atoms with van der Waals surface area (Å²) in [6.07, 6.45) is 3.47. The number of amidine groups is 1. The van der Waals surface area contributed by atoms with Gasteiger partial charge in [0.2, 0.25) is 0 Å². The first-order chi connectivity index (χ1) is 12.1. The second kappa shape index (κ2) is 10.2. The van der Waals surface area contributed by atoms with Crippen LogP contribution in [0.3, 0.4) is 0 Å². The molecule has 1 aromatic heterocycles. The van der Waals surface area contributed by atoms with E-state index in [2.05, 4.69) is 37.1 Å². The van der Waals surface area contributed by atoms with E-state index in [-0.39, 0.29) is 0 Å². The number of unbranched alkanes of at least 4 members (excludes halogenated alkanes) is 2. The molecule has 0 aliphatic heterocycles. The molecule has 0 bridgehead atoms. The summed E-state index contributed by atoms with van der Waals surface area (Å²) >= 11 is 1.59. The van der Waals surface area contributed by atoms with Gasteiger partial charge in [-0.15, -0.1) is 11.3 Å². The Bertz CT molecular complexity index is 666. The van der Waals surface area contributed by atoms with Gasteiger partial charge in [-0.1, -0.05) is 39.7 Å². The Hall–Kier alpha value is -1.85. The Balaban J connectivity index is 2.15. The molecule has 0 unspecified atom stereocenters. The Morgan fingerprint density at radius 3 is 2.80 bits per heavy atom. The third-order valence-corrected chi connectivity index (χ3v) is 4.67. The number of hydrogen-bond acceptors (Lipinski definition) is 4. The van der Waals surface area contributed by atoms with Crippen LogP contribution in [0.1, 0.15) is 50.5 Å². The zero-order chi connectivity index (χ0) is 18.1. The van der Waals surface area contributed by atoms with E-state index in [1.54, 1.807) is 11.3 Å². The average Bonchev–Trinajstić information content (AvgIpc) is 3.13. The number of benzene rings is 1. The van der Waals surface area contributed by atoms with Crippen LogP contribution in [0, 0.1) is 0 Å². The van der Waals surface area contributed by atoms with E-state index in [9.17, 15) is 0 Å². The van der Waals surface area contributed by atoms with Crippen molar-refractivity contribution in [2.45, 2.75) is 52.6 Å². The van der Waals surface area contributed by atoms with Crippen molar-refractivity contribution in [3.8, 4) is 5.75 Å². The molecule has 4 nitrogen and oxygen atoms in total. The monoisotopic (exact) mass is 359 g/mol. The van der Waals surface area contributed by atoms with Gasteiger partial charge in [-0.05, 0) is 36.1 Å². The van der Waals surface area contributed by atoms with Crippen molar-refractivity contribution < 1.29 is 4.74 Å². The highest BCUT2D eigenvalue weighted by Gasteiger charge is 2.07. The summed E-state index contributed by atoms with van der Waals surface area (Å²) in [6, 6.07) is 10.4. The predicted molar refractivity (Wildman–Crippen MR) is 108 cm³/mol. The second-order valence-electron chi connectivity index (χ2n) is 6.36. The maximum atomic E-state index is 6.11. The van der Waals surface area contributed by atoms with E-state index in [0.29, 0.717) is 11.9 Å². The van der Waals surface area contributed by atoms with Gasteiger partial charge in [0, 0.05) is 18.2 Å². The lowest BCUT2D eigenvalue weighted by atomic mass is 10.1. The second-order valence-corrected chi connectivity index (χ2v) is 7.31. The zero-order valence-electron chi connectivity index (χ0n) is 15.4. The quantitative estimate of drug-likeness (QED) is 0.362. The van der Waals surface area contributed by atoms with Gasteiger partial charge < -0.3 is 15.8 Å². The summed E-state index contributed by atoms with van der Waals surface area (Å²) in [7, 11) is 0. The summed E-state index contributed by atoms with van der Waals surface area (Å²) in [5.41, 5.74) is 8.08. The lowest BCUT2D eigenvalue weighted by Crippen LogP contribution is -2.22. The van der Waals surface area contributed by atoms with Crippen LogP contribution in [0.15, 0.2) is 40.7 Å². The Morgan fingerprint density at radius 1 is 1.28 bits per heavy atom. The van der Waals surface area contributed by atoms with Gasteiger partial charge in [0.05, 0.1) is 17.2 Å². The van der Waals surface area contributed by atoms with E-state index in [1.807, 2.05) is 29.6 Å². The summed E-state index contributed by atoms with van der Waals surface area (Å²) in [5.74, 6) is 1.48. The molecule has 1 aromatic carbocycles. The molecular formula is C20H29N3OS. The molecule has 0 spiro atoms. The first-order valence-electron chi connectivity index (χ1n) is 8.97. The molecule has 136 valence electrons. The lowest BCUT2D eigenvalue weighted by Gasteiger charge is -2.14. The van der Waals surface area contributed by atoms with E-state index in [1.165, 1.54) is 12.8 Å². The van der Waals surface area contributed by atoms with Gasteiger partial charge in [-0.25, -0.2) is 4.99 Å². The minimum Gasteiger partial charge on any atom is -0.493 e. The minimum atomic E-state index is 0.413. The highest BCUT2D eigenvalue weighted by atomic mass is 32.1. The van der Waals surface area contributed by atoms with E-state index in [4.69, 9.17) is 10.5 Å². The third-order valence-electron chi connectivity index (χ3n) is 3.77. The molecular weight excluding hydrogens is 330 g/mol. The summed E-state index contributed by atoms with van der Waals surface area (Å²) in [4.78, 5) is 5.55. The zero-order valence-corrected chi connectivity index (χ0v) is 16.2. The van der Waals surface area contributed by atoms with Crippen molar-refractivity contribution in [1.82, 2.24) is 5.32 Å². The Labute approximate surface area is 155 Å². The lowest BCUT2D eigenvalue weighted by molar-refractivity contribution is 0.302. The number of hydrogen-bond donors (Lipinski definition) is 2. The Morgan fingerprint density at radius 2 is 2.12 bits per heavy atom. The van der Waals surface area contributed by atoms with E-state index in [0.717, 1.165) is 41.4 Å². The number of nitrogens with one attached hydrogen (secondary N) is 1. The van der Waals surface area contributed by atoms with Gasteiger partial charge >= 0.3 is 0 Å². The maximum Gasteiger partial charge on any atom is 0.141 e. The SMILES string of the molecule is CCCCCOc1ccc(N=C(N)c2cccs2)cc1CNC(C)C. The molecule has 3 N–H and O–H groups in total. The molecule has 0 fully saturated rings. The molecule has 0 atom stereocenters. The van der Waals surface area contributed by atoms with Crippen molar-refractivity contribution in [3.63, 3.8) is 0 Å². The number of ether oxygens (including phenoxy) is 1. The van der Waals surface area contributed by atoms with Crippen molar-refractivity contribution >= 4 is 22.9 Å². The van der Waals surface area contributed by atoms with Gasteiger partial charge in [0.15, 0.2) is 0 Å². The van der Waals surface area contributed by atoms with Gasteiger partial charge in [-0.3, -0.25) is 0 Å². The van der Waals surface area contributed by atoms with Gasteiger partial charge in [0.25, 0.3) is 0 Å². The summed E-state index contributed by atoms with van der Waals surface area (Å²) in [6.45, 7) is 7.98. The normalized spacial score (nSPS) is 11.9. The predicted octanol–water partition coefficient (Wildman–Crippen LogP) is 4.85. The highest BCUT2D eigenvalue weighted by Crippen LogP contribution is 2.26. The van der Waals surface area contributed by atoms with Crippen molar-refractivity contribution in [3.05, 3.63) is 46.2 Å². The fourth-order valence-corrected chi connectivity index (χ4v) is 3.01. The third kappa shape index (κ3) is 6.52. The molecule has 2 rings (SSSR count). The van der Waals surface area contributed by atoms with Crippen molar-refractivity contribution in [2.24, 2.45) is 10.7 Å². The first-order valence-corrected chi connectivity index (χ1v) is 9.85. The van der Waals surface area contributed by atoms with Gasteiger partial charge in [0.1, 0.15) is 11.6 Å². The minimum absolute atomic E-state index is 0.413. The van der Waals surface area contributed by atoms with Crippen LogP contribution in [-0.2, 0) is 6.54 Å². The molecule has 0 saturated heterocycles. The summed E-state index contributed by atoms with van der Waals surface area (Å²) in [5, 5.41) is 5.46. The van der Waals surface area contributed by atoms with Crippen LogP contribution in [-0.4, -0.2) is 18.5 Å². The van der Waals surface area contributed by atoms with Crippen LogP contribution in [0.25, 0.3) is 0 Å². The van der Waals surface area contributed by atoms with Crippen LogP contribution >= 0.6 is 11.3 Å². The van der Waals surface area contributed by atoms with E-state index >= 15 is 0 Å². The van der Waals surface area contributed by atoms with E-state index < -0.39 is 0 Å². The molecule has 1 heterocycles. The van der Waals surface area contributed by atoms with Crippen molar-refractivity contribution in [2.75, 3.05) is 6.61 Å². The van der Waals surface area contributed by atoms with Crippen LogP contribution in [0.5, 0.6) is 5.75 Å². The number of aliphatic imine (C=N–C) groups is 1. The molecule has 0 aliphatic rings. The summed E-state index contributed by atoms with van der Waals surface area (Å²) < 4.78 is 5.99. The topological polar surface area (TPSA) is 59.6 Å². The molecule has 2 aromatic rings. The number of rotatable bonds is 10. The largest absolute Gasteiger partial charge is 0.493 e. The van der Waals surface area contributed by atoms with Crippen LogP contribution in [0.2, 0.25) is 0 Å². The number of thiophene rings is 1. The Kier molecular flexibility index (Phi) is 7.95. The smallest absolute Gasteiger partial charge is 0.141 e. The molecule has 5 heteroatoms. The molecule has 0 radical (unpaired) electrons. The number of nitrogens with two attached hydrogens (primary N) is 1.